The van der Waals surface area contributed by atoms with Gasteiger partial charge in [-0.05, 0) is 39.2 Å². The Balaban J connectivity index is 2.10. The number of pyridine rings is 1. The molecule has 2 rings (SSSR count). The van der Waals surface area contributed by atoms with Crippen molar-refractivity contribution in [2.75, 3.05) is 5.32 Å². The van der Waals surface area contributed by atoms with Crippen LogP contribution in [0.2, 0.25) is 0 Å². The van der Waals surface area contributed by atoms with E-state index in [0.29, 0.717) is 6.54 Å². The highest BCUT2D eigenvalue weighted by Gasteiger charge is 2.02. The van der Waals surface area contributed by atoms with Crippen LogP contribution in [0, 0.1) is 0 Å². The largest absolute Gasteiger partial charge is 0.365 e. The van der Waals surface area contributed by atoms with Crippen molar-refractivity contribution in [2.24, 2.45) is 5.73 Å². The van der Waals surface area contributed by atoms with E-state index in [4.69, 9.17) is 5.73 Å². The molecule has 4 heteroatoms. The van der Waals surface area contributed by atoms with Gasteiger partial charge in [-0.1, -0.05) is 24.3 Å². The second-order valence-electron chi connectivity index (χ2n) is 3.66. The number of hydrogen-bond acceptors (Lipinski definition) is 3. The maximum Gasteiger partial charge on any atom is 0.140 e. The number of aromatic nitrogens is 1. The second kappa shape index (κ2) is 5.80. The Morgan fingerprint density at radius 3 is 2.59 bits per heavy atom. The summed E-state index contributed by atoms with van der Waals surface area (Å²) in [5.41, 5.74) is 8.06. The van der Waals surface area contributed by atoms with E-state index in [1.165, 1.54) is 5.56 Å². The molecule has 0 amide bonds. The van der Waals surface area contributed by atoms with Gasteiger partial charge >= 0.3 is 0 Å². The fourth-order valence-electron chi connectivity index (χ4n) is 1.62. The Bertz CT molecular complexity index is 500. The molecule has 88 valence electrons. The quantitative estimate of drug-likeness (QED) is 0.911. The van der Waals surface area contributed by atoms with Crippen molar-refractivity contribution in [3.8, 4) is 0 Å². The molecule has 0 unspecified atom stereocenters. The average Bonchev–Trinajstić information content (AvgIpc) is 2.38. The molecule has 0 aliphatic heterocycles. The predicted molar refractivity (Wildman–Crippen MR) is 73.6 cm³/mol. The lowest BCUT2D eigenvalue weighted by Gasteiger charge is -2.10. The topological polar surface area (TPSA) is 50.9 Å². The SMILES string of the molecule is NCc1ccccc1CNc1ncccc1Br. The normalized spacial score (nSPS) is 10.2. The molecule has 0 saturated carbocycles. The van der Waals surface area contributed by atoms with E-state index < -0.39 is 0 Å². The third-order valence-electron chi connectivity index (χ3n) is 2.54. The molecule has 0 radical (unpaired) electrons. The molecule has 0 bridgehead atoms. The molecule has 3 N–H and O–H groups in total. The number of benzene rings is 1. The zero-order valence-corrected chi connectivity index (χ0v) is 10.9. The lowest BCUT2D eigenvalue weighted by Crippen LogP contribution is -2.07. The third-order valence-corrected chi connectivity index (χ3v) is 3.18. The van der Waals surface area contributed by atoms with Gasteiger partial charge in [0.05, 0.1) is 4.47 Å². The Hall–Kier alpha value is -1.39. The number of halogens is 1. The van der Waals surface area contributed by atoms with Crippen molar-refractivity contribution in [2.45, 2.75) is 13.1 Å². The Labute approximate surface area is 109 Å². The highest BCUT2D eigenvalue weighted by molar-refractivity contribution is 9.10. The van der Waals surface area contributed by atoms with Crippen LogP contribution in [0.3, 0.4) is 0 Å². The van der Waals surface area contributed by atoms with Crippen LogP contribution in [0.4, 0.5) is 5.82 Å². The highest BCUT2D eigenvalue weighted by atomic mass is 79.9. The Morgan fingerprint density at radius 1 is 1.12 bits per heavy atom. The summed E-state index contributed by atoms with van der Waals surface area (Å²) in [4.78, 5) is 4.26. The van der Waals surface area contributed by atoms with Gasteiger partial charge in [-0.2, -0.15) is 0 Å². The van der Waals surface area contributed by atoms with Crippen LogP contribution in [0.15, 0.2) is 47.1 Å². The van der Waals surface area contributed by atoms with E-state index in [2.05, 4.69) is 32.3 Å². The summed E-state index contributed by atoms with van der Waals surface area (Å²) in [6.07, 6.45) is 1.77. The molecule has 0 spiro atoms. The molecule has 2 aromatic rings. The zero-order valence-electron chi connectivity index (χ0n) is 9.36. The number of rotatable bonds is 4. The van der Waals surface area contributed by atoms with Crippen molar-refractivity contribution >= 4 is 21.7 Å². The molecule has 0 fully saturated rings. The number of nitrogens with two attached hydrogens (primary N) is 1. The van der Waals surface area contributed by atoms with E-state index >= 15 is 0 Å². The zero-order chi connectivity index (χ0) is 12.1. The molecule has 0 atom stereocenters. The summed E-state index contributed by atoms with van der Waals surface area (Å²) in [5.74, 6) is 0.847. The van der Waals surface area contributed by atoms with Crippen molar-refractivity contribution in [3.05, 3.63) is 58.2 Å². The molecule has 0 saturated heterocycles. The van der Waals surface area contributed by atoms with Gasteiger partial charge < -0.3 is 11.1 Å². The minimum atomic E-state index is 0.557. The number of anilines is 1. The van der Waals surface area contributed by atoms with Crippen LogP contribution < -0.4 is 11.1 Å². The maximum absolute atomic E-state index is 5.70. The van der Waals surface area contributed by atoms with Crippen molar-refractivity contribution in [1.29, 1.82) is 0 Å². The number of nitrogens with zero attached hydrogens (tertiary/aromatic N) is 1. The second-order valence-corrected chi connectivity index (χ2v) is 4.51. The molecular weight excluding hydrogens is 278 g/mol. The summed E-state index contributed by atoms with van der Waals surface area (Å²) < 4.78 is 0.963. The molecule has 1 heterocycles. The standard InChI is InChI=1S/C13H14BrN3/c14-12-6-3-7-16-13(12)17-9-11-5-2-1-4-10(11)8-15/h1-7H,8-9,15H2,(H,16,17). The van der Waals surface area contributed by atoms with Crippen LogP contribution in [-0.4, -0.2) is 4.98 Å². The predicted octanol–water partition coefficient (Wildman–Crippen LogP) is 2.91. The number of hydrogen-bond donors (Lipinski definition) is 2. The van der Waals surface area contributed by atoms with Crippen molar-refractivity contribution in [3.63, 3.8) is 0 Å². The van der Waals surface area contributed by atoms with E-state index in [9.17, 15) is 0 Å². The van der Waals surface area contributed by atoms with Gasteiger partial charge in [0.2, 0.25) is 0 Å². The molecular formula is C13H14BrN3. The Morgan fingerprint density at radius 2 is 1.88 bits per heavy atom. The van der Waals surface area contributed by atoms with E-state index in [0.717, 1.165) is 22.4 Å². The van der Waals surface area contributed by atoms with Gasteiger partial charge in [0, 0.05) is 19.3 Å². The summed E-state index contributed by atoms with van der Waals surface area (Å²) in [7, 11) is 0. The molecule has 1 aromatic carbocycles. The lowest BCUT2D eigenvalue weighted by atomic mass is 10.1. The summed E-state index contributed by atoms with van der Waals surface area (Å²) in [5, 5.41) is 3.29. The van der Waals surface area contributed by atoms with E-state index in [1.54, 1.807) is 6.20 Å². The smallest absolute Gasteiger partial charge is 0.140 e. The van der Waals surface area contributed by atoms with Gasteiger partial charge in [0.15, 0.2) is 0 Å². The molecule has 0 aliphatic carbocycles. The monoisotopic (exact) mass is 291 g/mol. The van der Waals surface area contributed by atoms with Gasteiger partial charge in [-0.15, -0.1) is 0 Å². The number of nitrogens with one attached hydrogen (secondary N) is 1. The lowest BCUT2D eigenvalue weighted by molar-refractivity contribution is 1.00. The Kier molecular flexibility index (Phi) is 4.12. The van der Waals surface area contributed by atoms with Crippen LogP contribution in [-0.2, 0) is 13.1 Å². The van der Waals surface area contributed by atoms with Crippen LogP contribution >= 0.6 is 15.9 Å². The summed E-state index contributed by atoms with van der Waals surface area (Å²) in [6, 6.07) is 12.0. The maximum atomic E-state index is 5.70. The first-order chi connectivity index (χ1) is 8.31. The fraction of sp³-hybridized carbons (Fsp3) is 0.154. The first-order valence-corrected chi connectivity index (χ1v) is 6.22. The van der Waals surface area contributed by atoms with E-state index in [-0.39, 0.29) is 0 Å². The molecule has 1 aromatic heterocycles. The first-order valence-electron chi connectivity index (χ1n) is 5.42. The van der Waals surface area contributed by atoms with Gasteiger partial charge in [-0.25, -0.2) is 4.98 Å². The van der Waals surface area contributed by atoms with Crippen LogP contribution in [0.5, 0.6) is 0 Å². The van der Waals surface area contributed by atoms with Crippen molar-refractivity contribution in [1.82, 2.24) is 4.98 Å². The van der Waals surface area contributed by atoms with Crippen LogP contribution in [0.1, 0.15) is 11.1 Å². The minimum absolute atomic E-state index is 0.557. The summed E-state index contributed by atoms with van der Waals surface area (Å²) in [6.45, 7) is 1.28. The van der Waals surface area contributed by atoms with Gasteiger partial charge in [-0.3, -0.25) is 0 Å². The van der Waals surface area contributed by atoms with Crippen molar-refractivity contribution < 1.29 is 0 Å². The summed E-state index contributed by atoms with van der Waals surface area (Å²) >= 11 is 3.46. The van der Waals surface area contributed by atoms with E-state index in [1.807, 2.05) is 30.3 Å². The van der Waals surface area contributed by atoms with Crippen LogP contribution in [0.25, 0.3) is 0 Å². The van der Waals surface area contributed by atoms with Gasteiger partial charge in [0.1, 0.15) is 5.82 Å². The molecule has 3 nitrogen and oxygen atoms in total. The minimum Gasteiger partial charge on any atom is -0.365 e. The highest BCUT2D eigenvalue weighted by Crippen LogP contribution is 2.19. The van der Waals surface area contributed by atoms with Gasteiger partial charge in [0.25, 0.3) is 0 Å². The third kappa shape index (κ3) is 3.05. The molecule has 17 heavy (non-hydrogen) atoms. The first kappa shape index (κ1) is 12.1. The average molecular weight is 292 g/mol. The molecule has 0 aliphatic rings. The fourth-order valence-corrected chi connectivity index (χ4v) is 2.02.